The molecule has 1 aromatic rings. The number of methoxy groups -OCH3 is 2. The minimum absolute atomic E-state index is 0.192. The van der Waals surface area contributed by atoms with Gasteiger partial charge < -0.3 is 15.2 Å². The molecule has 1 rings (SSSR count). The lowest BCUT2D eigenvalue weighted by Crippen LogP contribution is -2.07. The summed E-state index contributed by atoms with van der Waals surface area (Å²) in [6.07, 6.45) is 1.43. The van der Waals surface area contributed by atoms with Crippen molar-refractivity contribution in [3.05, 3.63) is 17.8 Å². The Balaban J connectivity index is 3.15. The van der Waals surface area contributed by atoms with E-state index in [0.717, 1.165) is 0 Å². The number of anilines is 1. The van der Waals surface area contributed by atoms with Crippen LogP contribution in [0.5, 0.6) is 5.88 Å². The molecule has 5 nitrogen and oxygen atoms in total. The summed E-state index contributed by atoms with van der Waals surface area (Å²) < 4.78 is 9.35. The first kappa shape index (κ1) is 9.31. The highest BCUT2D eigenvalue weighted by molar-refractivity contribution is 5.95. The number of esters is 1. The van der Waals surface area contributed by atoms with Gasteiger partial charge in [0, 0.05) is 6.20 Å². The van der Waals surface area contributed by atoms with Gasteiger partial charge in [-0.1, -0.05) is 0 Å². The van der Waals surface area contributed by atoms with Crippen LogP contribution in [0.15, 0.2) is 12.3 Å². The molecule has 2 N–H and O–H groups in total. The maximum Gasteiger partial charge on any atom is 0.340 e. The summed E-state index contributed by atoms with van der Waals surface area (Å²) in [5, 5.41) is 0. The van der Waals surface area contributed by atoms with E-state index in [1.165, 1.54) is 26.5 Å². The Morgan fingerprint density at radius 1 is 1.54 bits per heavy atom. The van der Waals surface area contributed by atoms with E-state index >= 15 is 0 Å². The van der Waals surface area contributed by atoms with Crippen molar-refractivity contribution in [2.45, 2.75) is 0 Å². The van der Waals surface area contributed by atoms with Crippen molar-refractivity contribution < 1.29 is 14.3 Å². The Morgan fingerprint density at radius 2 is 2.23 bits per heavy atom. The third-order valence-electron chi connectivity index (χ3n) is 1.55. The molecule has 13 heavy (non-hydrogen) atoms. The van der Waals surface area contributed by atoms with Crippen molar-refractivity contribution in [1.82, 2.24) is 4.98 Å². The zero-order valence-electron chi connectivity index (χ0n) is 7.40. The average molecular weight is 182 g/mol. The Morgan fingerprint density at radius 3 is 2.77 bits per heavy atom. The normalized spacial score (nSPS) is 9.38. The lowest BCUT2D eigenvalue weighted by atomic mass is 10.2. The molecule has 0 aliphatic rings. The molecule has 0 radical (unpaired) electrons. The Bertz CT molecular complexity index is 325. The van der Waals surface area contributed by atoms with E-state index in [0.29, 0.717) is 0 Å². The van der Waals surface area contributed by atoms with Crippen LogP contribution < -0.4 is 10.5 Å². The molecule has 0 aliphatic carbocycles. The zero-order valence-corrected chi connectivity index (χ0v) is 7.40. The molecule has 0 unspecified atom stereocenters. The second-order valence-electron chi connectivity index (χ2n) is 2.27. The molecule has 0 atom stereocenters. The molecule has 0 aromatic carbocycles. The zero-order chi connectivity index (χ0) is 9.84. The predicted octanol–water partition coefficient (Wildman–Crippen LogP) is 0.459. The third-order valence-corrected chi connectivity index (χ3v) is 1.55. The molecule has 1 heterocycles. The highest BCUT2D eigenvalue weighted by Gasteiger charge is 2.13. The molecule has 0 fully saturated rings. The molecular formula is C8H10N2O3. The number of carbonyl (C=O) groups excluding carboxylic acids is 1. The van der Waals surface area contributed by atoms with E-state index in [9.17, 15) is 4.79 Å². The number of hydrogen-bond acceptors (Lipinski definition) is 5. The molecule has 0 bridgehead atoms. The van der Waals surface area contributed by atoms with Gasteiger partial charge in [-0.2, -0.15) is 0 Å². The van der Waals surface area contributed by atoms with Crippen LogP contribution in [0.3, 0.4) is 0 Å². The smallest absolute Gasteiger partial charge is 0.340 e. The Kier molecular flexibility index (Phi) is 2.69. The minimum Gasteiger partial charge on any atom is -0.480 e. The van der Waals surface area contributed by atoms with Crippen LogP contribution in [0.25, 0.3) is 0 Å². The van der Waals surface area contributed by atoms with Gasteiger partial charge in [0.25, 0.3) is 0 Å². The summed E-state index contributed by atoms with van der Waals surface area (Å²) >= 11 is 0. The molecule has 0 saturated carbocycles. The molecule has 0 saturated heterocycles. The monoisotopic (exact) mass is 182 g/mol. The topological polar surface area (TPSA) is 74.4 Å². The fourth-order valence-electron chi connectivity index (χ4n) is 0.905. The molecule has 5 heteroatoms. The van der Waals surface area contributed by atoms with Gasteiger partial charge in [0.15, 0.2) is 0 Å². The van der Waals surface area contributed by atoms with Crippen LogP contribution in [0, 0.1) is 0 Å². The van der Waals surface area contributed by atoms with Crippen molar-refractivity contribution in [1.29, 1.82) is 0 Å². The van der Waals surface area contributed by atoms with E-state index in [2.05, 4.69) is 9.72 Å². The fraction of sp³-hybridized carbons (Fsp3) is 0.250. The summed E-state index contributed by atoms with van der Waals surface area (Å²) in [5.74, 6) is -0.277. The SMILES string of the molecule is COC(=O)c1ccnc(OC)c1N. The standard InChI is InChI=1S/C8H10N2O3/c1-12-7-6(9)5(3-4-10-7)8(11)13-2/h3-4H,9H2,1-2H3. The minimum atomic E-state index is -0.502. The highest BCUT2D eigenvalue weighted by atomic mass is 16.5. The van der Waals surface area contributed by atoms with E-state index in [-0.39, 0.29) is 17.1 Å². The second-order valence-corrected chi connectivity index (χ2v) is 2.27. The number of nitrogens with two attached hydrogens (primary N) is 1. The summed E-state index contributed by atoms with van der Waals surface area (Å²) in [6, 6.07) is 1.48. The number of ether oxygens (including phenoxy) is 2. The van der Waals surface area contributed by atoms with Gasteiger partial charge in [0.1, 0.15) is 5.69 Å². The van der Waals surface area contributed by atoms with Crippen molar-refractivity contribution in [2.24, 2.45) is 0 Å². The summed E-state index contributed by atoms with van der Waals surface area (Å²) in [5.41, 5.74) is 6.03. The Labute approximate surface area is 75.5 Å². The lowest BCUT2D eigenvalue weighted by Gasteiger charge is -2.06. The molecule has 0 aliphatic heterocycles. The van der Waals surface area contributed by atoms with Gasteiger partial charge in [-0.15, -0.1) is 0 Å². The van der Waals surface area contributed by atoms with Gasteiger partial charge in [-0.05, 0) is 6.07 Å². The van der Waals surface area contributed by atoms with E-state index in [4.69, 9.17) is 10.5 Å². The number of pyridine rings is 1. The van der Waals surface area contributed by atoms with Gasteiger partial charge in [-0.25, -0.2) is 9.78 Å². The summed E-state index contributed by atoms with van der Waals surface area (Å²) in [7, 11) is 2.72. The van der Waals surface area contributed by atoms with Crippen LogP contribution in [0.2, 0.25) is 0 Å². The van der Waals surface area contributed by atoms with Crippen LogP contribution in [-0.2, 0) is 4.74 Å². The van der Waals surface area contributed by atoms with Gasteiger partial charge >= 0.3 is 5.97 Å². The number of carbonyl (C=O) groups is 1. The molecule has 70 valence electrons. The predicted molar refractivity (Wildman–Crippen MR) is 46.5 cm³/mol. The van der Waals surface area contributed by atoms with E-state index < -0.39 is 5.97 Å². The number of nitrogen functional groups attached to an aromatic ring is 1. The van der Waals surface area contributed by atoms with Crippen LogP contribution in [-0.4, -0.2) is 25.2 Å². The van der Waals surface area contributed by atoms with Gasteiger partial charge in [-0.3, -0.25) is 0 Å². The average Bonchev–Trinajstić information content (AvgIpc) is 2.17. The summed E-state index contributed by atoms with van der Waals surface area (Å²) in [6.45, 7) is 0. The largest absolute Gasteiger partial charge is 0.480 e. The maximum absolute atomic E-state index is 11.1. The number of hydrogen-bond donors (Lipinski definition) is 1. The number of nitrogens with zero attached hydrogens (tertiary/aromatic N) is 1. The highest BCUT2D eigenvalue weighted by Crippen LogP contribution is 2.21. The van der Waals surface area contributed by atoms with Crippen molar-refractivity contribution in [3.63, 3.8) is 0 Å². The quantitative estimate of drug-likeness (QED) is 0.672. The maximum atomic E-state index is 11.1. The first-order valence-corrected chi connectivity index (χ1v) is 3.57. The van der Waals surface area contributed by atoms with Gasteiger partial charge in [0.2, 0.25) is 5.88 Å². The third kappa shape index (κ3) is 1.69. The summed E-state index contributed by atoms with van der Waals surface area (Å²) in [4.78, 5) is 14.9. The van der Waals surface area contributed by atoms with Crippen LogP contribution in [0.4, 0.5) is 5.69 Å². The van der Waals surface area contributed by atoms with E-state index in [1.54, 1.807) is 0 Å². The van der Waals surface area contributed by atoms with Crippen molar-refractivity contribution in [2.75, 3.05) is 20.0 Å². The molecule has 0 amide bonds. The van der Waals surface area contributed by atoms with Crippen molar-refractivity contribution >= 4 is 11.7 Å². The van der Waals surface area contributed by atoms with Crippen LogP contribution >= 0.6 is 0 Å². The Hall–Kier alpha value is -1.78. The number of rotatable bonds is 2. The van der Waals surface area contributed by atoms with E-state index in [1.807, 2.05) is 0 Å². The lowest BCUT2D eigenvalue weighted by molar-refractivity contribution is 0.0601. The molecule has 1 aromatic heterocycles. The second kappa shape index (κ2) is 3.75. The number of aromatic nitrogens is 1. The molecular weight excluding hydrogens is 172 g/mol. The first-order valence-electron chi connectivity index (χ1n) is 3.57. The first-order chi connectivity index (χ1) is 6.20. The van der Waals surface area contributed by atoms with Crippen LogP contribution in [0.1, 0.15) is 10.4 Å². The van der Waals surface area contributed by atoms with Gasteiger partial charge in [0.05, 0.1) is 19.8 Å². The molecule has 0 spiro atoms. The van der Waals surface area contributed by atoms with Crippen molar-refractivity contribution in [3.8, 4) is 5.88 Å². The fourth-order valence-corrected chi connectivity index (χ4v) is 0.905.